The zero-order valence-corrected chi connectivity index (χ0v) is 20.6. The number of thiol groups is 1. The lowest BCUT2D eigenvalue weighted by Crippen LogP contribution is -2.27. The van der Waals surface area contributed by atoms with Gasteiger partial charge in [0.15, 0.2) is 0 Å². The highest BCUT2D eigenvalue weighted by Crippen LogP contribution is 2.36. The predicted octanol–water partition coefficient (Wildman–Crippen LogP) is 5.28. The molecule has 3 rings (SSSR count). The molecule has 0 saturated carbocycles. The molecule has 2 N–H and O–H groups in total. The van der Waals surface area contributed by atoms with Gasteiger partial charge in [0, 0.05) is 17.3 Å². The van der Waals surface area contributed by atoms with E-state index in [1.165, 1.54) is 33.5 Å². The SMILES string of the molecule is COC(=O)c1cccc(C(=O)Nc2ccc(N(S)C(=O)Nc3cc(Cl)c(OC)cc3OC)cc2)c1. The molecule has 0 saturated heterocycles. The van der Waals surface area contributed by atoms with Gasteiger partial charge < -0.3 is 24.8 Å². The smallest absolute Gasteiger partial charge is 0.337 e. The fourth-order valence-corrected chi connectivity index (χ4v) is 3.46. The highest BCUT2D eigenvalue weighted by atomic mass is 35.5. The molecular formula is C24H22ClN3O6S. The van der Waals surface area contributed by atoms with Crippen LogP contribution in [0, 0.1) is 0 Å². The summed E-state index contributed by atoms with van der Waals surface area (Å²) >= 11 is 10.4. The van der Waals surface area contributed by atoms with Crippen LogP contribution in [0.2, 0.25) is 5.02 Å². The minimum absolute atomic E-state index is 0.266. The van der Waals surface area contributed by atoms with Crippen molar-refractivity contribution < 1.29 is 28.6 Å². The fourth-order valence-electron chi connectivity index (χ4n) is 3.04. The summed E-state index contributed by atoms with van der Waals surface area (Å²) in [5, 5.41) is 5.71. The summed E-state index contributed by atoms with van der Waals surface area (Å²) in [4.78, 5) is 36.9. The molecule has 0 aliphatic heterocycles. The van der Waals surface area contributed by atoms with Crippen LogP contribution in [0.3, 0.4) is 0 Å². The Morgan fingerprint density at radius 2 is 1.51 bits per heavy atom. The Bertz CT molecular complexity index is 1250. The monoisotopic (exact) mass is 515 g/mol. The number of nitrogens with zero attached hydrogens (tertiary/aromatic N) is 1. The van der Waals surface area contributed by atoms with Gasteiger partial charge in [0.05, 0.1) is 43.3 Å². The van der Waals surface area contributed by atoms with Crippen molar-refractivity contribution in [1.82, 2.24) is 0 Å². The standard InChI is InChI=1S/C24H22ClN3O6S/c1-32-20-13-21(33-2)19(12-18(20)25)27-24(31)28(35)17-9-7-16(8-10-17)26-22(29)14-5-4-6-15(11-14)23(30)34-3/h4-13,35H,1-3H3,(H,26,29)(H,27,31). The van der Waals surface area contributed by atoms with Crippen LogP contribution in [-0.2, 0) is 4.74 Å². The average Bonchev–Trinajstić information content (AvgIpc) is 2.88. The van der Waals surface area contributed by atoms with E-state index in [1.807, 2.05) is 0 Å². The van der Waals surface area contributed by atoms with E-state index >= 15 is 0 Å². The van der Waals surface area contributed by atoms with Gasteiger partial charge >= 0.3 is 12.0 Å². The molecule has 35 heavy (non-hydrogen) atoms. The zero-order valence-electron chi connectivity index (χ0n) is 19.0. The number of hydrogen-bond acceptors (Lipinski definition) is 7. The van der Waals surface area contributed by atoms with E-state index in [0.717, 1.165) is 4.31 Å². The summed E-state index contributed by atoms with van der Waals surface area (Å²) in [6.45, 7) is 0. The molecule has 0 heterocycles. The largest absolute Gasteiger partial charge is 0.495 e. The number of urea groups is 1. The lowest BCUT2D eigenvalue weighted by Gasteiger charge is -2.19. The topological polar surface area (TPSA) is 106 Å². The average molecular weight is 516 g/mol. The van der Waals surface area contributed by atoms with Crippen molar-refractivity contribution in [3.05, 3.63) is 76.8 Å². The van der Waals surface area contributed by atoms with Crippen molar-refractivity contribution in [2.24, 2.45) is 0 Å². The lowest BCUT2D eigenvalue weighted by atomic mass is 10.1. The normalized spacial score (nSPS) is 10.2. The van der Waals surface area contributed by atoms with Crippen LogP contribution in [0.5, 0.6) is 11.5 Å². The minimum atomic E-state index is -0.565. The number of esters is 1. The molecule has 0 fully saturated rings. The second kappa shape index (κ2) is 11.5. The number of ether oxygens (including phenoxy) is 3. The Labute approximate surface area is 212 Å². The van der Waals surface area contributed by atoms with Crippen molar-refractivity contribution in [2.75, 3.05) is 36.3 Å². The predicted molar refractivity (Wildman–Crippen MR) is 137 cm³/mol. The van der Waals surface area contributed by atoms with Crippen LogP contribution in [-0.4, -0.2) is 39.2 Å². The second-order valence-electron chi connectivity index (χ2n) is 7.00. The first-order chi connectivity index (χ1) is 16.8. The van der Waals surface area contributed by atoms with Gasteiger partial charge in [-0.15, -0.1) is 0 Å². The van der Waals surface area contributed by atoms with Gasteiger partial charge in [-0.2, -0.15) is 0 Å². The summed E-state index contributed by atoms with van der Waals surface area (Å²) < 4.78 is 16.2. The van der Waals surface area contributed by atoms with Crippen molar-refractivity contribution >= 4 is 59.4 Å². The zero-order chi connectivity index (χ0) is 25.5. The van der Waals surface area contributed by atoms with Gasteiger partial charge in [-0.1, -0.05) is 30.5 Å². The number of halogens is 1. The van der Waals surface area contributed by atoms with Crippen molar-refractivity contribution in [3.63, 3.8) is 0 Å². The highest BCUT2D eigenvalue weighted by molar-refractivity contribution is 7.82. The minimum Gasteiger partial charge on any atom is -0.495 e. The molecular weight excluding hydrogens is 494 g/mol. The van der Waals surface area contributed by atoms with Crippen molar-refractivity contribution in [3.8, 4) is 11.5 Å². The molecule has 0 aliphatic carbocycles. The Balaban J connectivity index is 1.68. The molecule has 3 amide bonds. The van der Waals surface area contributed by atoms with E-state index in [2.05, 4.69) is 28.2 Å². The van der Waals surface area contributed by atoms with Crippen LogP contribution in [0.1, 0.15) is 20.7 Å². The second-order valence-corrected chi connectivity index (χ2v) is 7.81. The number of rotatable bonds is 7. The maximum Gasteiger partial charge on any atom is 0.337 e. The van der Waals surface area contributed by atoms with Crippen LogP contribution in [0.4, 0.5) is 21.9 Å². The van der Waals surface area contributed by atoms with Crippen molar-refractivity contribution in [2.45, 2.75) is 0 Å². The summed E-state index contributed by atoms with van der Waals surface area (Å²) in [5.41, 5.74) is 1.81. The van der Waals surface area contributed by atoms with Crippen LogP contribution in [0.15, 0.2) is 60.7 Å². The van der Waals surface area contributed by atoms with Gasteiger partial charge in [0.2, 0.25) is 0 Å². The molecule has 0 spiro atoms. The first kappa shape index (κ1) is 25.7. The Morgan fingerprint density at radius 3 is 2.14 bits per heavy atom. The molecule has 3 aromatic rings. The number of benzene rings is 3. The van der Waals surface area contributed by atoms with E-state index in [0.29, 0.717) is 39.1 Å². The first-order valence-corrected chi connectivity index (χ1v) is 10.9. The maximum absolute atomic E-state index is 12.7. The van der Waals surface area contributed by atoms with Crippen LogP contribution >= 0.6 is 24.4 Å². The highest BCUT2D eigenvalue weighted by Gasteiger charge is 2.17. The van der Waals surface area contributed by atoms with E-state index in [4.69, 9.17) is 21.1 Å². The number of anilines is 3. The van der Waals surface area contributed by atoms with Gasteiger partial charge in [0.1, 0.15) is 11.5 Å². The van der Waals surface area contributed by atoms with E-state index in [9.17, 15) is 14.4 Å². The van der Waals surface area contributed by atoms with E-state index in [1.54, 1.807) is 48.5 Å². The quantitative estimate of drug-likeness (QED) is 0.292. The molecule has 11 heteroatoms. The number of carbonyl (C=O) groups is 3. The number of hydrogen-bond donors (Lipinski definition) is 3. The first-order valence-electron chi connectivity index (χ1n) is 10.1. The van der Waals surface area contributed by atoms with E-state index < -0.39 is 17.9 Å². The molecule has 0 unspecified atom stereocenters. The molecule has 0 aromatic heterocycles. The Kier molecular flexibility index (Phi) is 8.45. The molecule has 0 bridgehead atoms. The van der Waals surface area contributed by atoms with E-state index in [-0.39, 0.29) is 5.56 Å². The molecule has 3 aromatic carbocycles. The summed E-state index contributed by atoms with van der Waals surface area (Å²) in [7, 11) is 4.19. The molecule has 0 atom stereocenters. The third-order valence-electron chi connectivity index (χ3n) is 4.82. The number of amides is 3. The molecule has 0 aliphatic rings. The van der Waals surface area contributed by atoms with Gasteiger partial charge in [-0.25, -0.2) is 13.9 Å². The third kappa shape index (κ3) is 6.17. The van der Waals surface area contributed by atoms with Crippen LogP contribution < -0.4 is 24.4 Å². The van der Waals surface area contributed by atoms with Gasteiger partial charge in [-0.3, -0.25) is 4.79 Å². The molecule has 182 valence electrons. The van der Waals surface area contributed by atoms with Crippen molar-refractivity contribution in [1.29, 1.82) is 0 Å². The van der Waals surface area contributed by atoms with Gasteiger partial charge in [-0.05, 0) is 48.5 Å². The Morgan fingerprint density at radius 1 is 0.857 bits per heavy atom. The molecule has 0 radical (unpaired) electrons. The number of nitrogens with one attached hydrogen (secondary N) is 2. The maximum atomic E-state index is 12.7. The number of methoxy groups -OCH3 is 3. The summed E-state index contributed by atoms with van der Waals surface area (Å²) in [5.74, 6) is -0.187. The number of carbonyl (C=O) groups excluding carboxylic acids is 3. The Hall–Kier alpha value is -3.89. The van der Waals surface area contributed by atoms with Crippen LogP contribution in [0.25, 0.3) is 0 Å². The fraction of sp³-hybridized carbons (Fsp3) is 0.125. The lowest BCUT2D eigenvalue weighted by molar-refractivity contribution is 0.0600. The summed E-state index contributed by atoms with van der Waals surface area (Å²) in [6, 6.07) is 15.1. The third-order valence-corrected chi connectivity index (χ3v) is 5.53. The van der Waals surface area contributed by atoms with Gasteiger partial charge in [0.25, 0.3) is 5.91 Å². The molecule has 9 nitrogen and oxygen atoms in total. The summed E-state index contributed by atoms with van der Waals surface area (Å²) in [6.07, 6.45) is 0.